The third kappa shape index (κ3) is 2.51. The Morgan fingerprint density at radius 1 is 0.941 bits per heavy atom. The van der Waals surface area contributed by atoms with Crippen LogP contribution in [-0.4, -0.2) is 24.3 Å². The molecule has 0 atom stereocenters. The van der Waals surface area contributed by atoms with Crippen LogP contribution >= 0.6 is 0 Å². The van der Waals surface area contributed by atoms with E-state index < -0.39 is 0 Å². The lowest BCUT2D eigenvalue weighted by atomic mass is 10.1. The van der Waals surface area contributed by atoms with Gasteiger partial charge in [0.1, 0.15) is 0 Å². The Morgan fingerprint density at radius 2 is 1.76 bits per heavy atom. The first kappa shape index (κ1) is 10.8. The number of hydrogen-bond donors (Lipinski definition) is 0. The molecule has 1 aromatic carbocycles. The van der Waals surface area contributed by atoms with Gasteiger partial charge in [0.15, 0.2) is 0 Å². The maximum Gasteiger partial charge on any atom is 0.0543 e. The highest BCUT2D eigenvalue weighted by molar-refractivity contribution is 5.80. The van der Waals surface area contributed by atoms with Crippen LogP contribution in [0.5, 0.6) is 0 Å². The lowest BCUT2D eigenvalue weighted by Gasteiger charge is -2.23. The summed E-state index contributed by atoms with van der Waals surface area (Å²) in [6.45, 7) is 2.25. The predicted octanol–water partition coefficient (Wildman–Crippen LogP) is 3.00. The molecule has 1 fully saturated rings. The van der Waals surface area contributed by atoms with Gasteiger partial charge in [-0.25, -0.2) is 0 Å². The maximum atomic E-state index is 4.59. The summed E-state index contributed by atoms with van der Waals surface area (Å²) in [6, 6.07) is 6.80. The van der Waals surface area contributed by atoms with Gasteiger partial charge in [-0.3, -0.25) is 5.01 Å². The average molecular weight is 228 g/mol. The molecule has 2 aliphatic rings. The molecule has 0 aromatic heterocycles. The molecule has 2 nitrogen and oxygen atoms in total. The highest BCUT2D eigenvalue weighted by Crippen LogP contribution is 2.22. The van der Waals surface area contributed by atoms with E-state index >= 15 is 0 Å². The first-order valence-electron chi connectivity index (χ1n) is 6.82. The van der Waals surface area contributed by atoms with Crippen molar-refractivity contribution in [3.8, 4) is 0 Å². The van der Waals surface area contributed by atoms with Gasteiger partial charge in [-0.05, 0) is 61.3 Å². The van der Waals surface area contributed by atoms with Crippen molar-refractivity contribution in [2.45, 2.75) is 38.5 Å². The highest BCUT2D eigenvalue weighted by atomic mass is 15.4. The summed E-state index contributed by atoms with van der Waals surface area (Å²) in [5.41, 5.74) is 4.34. The molecule has 0 saturated carbocycles. The van der Waals surface area contributed by atoms with Crippen molar-refractivity contribution in [3.05, 3.63) is 34.9 Å². The zero-order valence-electron chi connectivity index (χ0n) is 10.4. The summed E-state index contributed by atoms with van der Waals surface area (Å²) in [5.74, 6) is 0. The second kappa shape index (κ2) is 4.91. The van der Waals surface area contributed by atoms with Crippen molar-refractivity contribution in [1.82, 2.24) is 5.01 Å². The molecule has 1 saturated heterocycles. The quantitative estimate of drug-likeness (QED) is 0.710. The standard InChI is InChI=1S/C15H20N2/c1-2-9-17(10-3-1)16-12-13-7-8-14-5-4-6-15(14)11-13/h7-8,11-12H,1-6,9-10H2/b16-12+. The Morgan fingerprint density at radius 3 is 2.65 bits per heavy atom. The number of hydrogen-bond acceptors (Lipinski definition) is 2. The number of aryl methyl sites for hydroxylation is 2. The zero-order chi connectivity index (χ0) is 11.5. The number of piperidine rings is 1. The second-order valence-corrected chi connectivity index (χ2v) is 5.14. The van der Waals surface area contributed by atoms with Crippen LogP contribution in [0.25, 0.3) is 0 Å². The largest absolute Gasteiger partial charge is 0.297 e. The molecule has 0 unspecified atom stereocenters. The Bertz CT molecular complexity index is 417. The minimum atomic E-state index is 1.13. The van der Waals surface area contributed by atoms with Gasteiger partial charge < -0.3 is 0 Å². The van der Waals surface area contributed by atoms with Gasteiger partial charge in [-0.1, -0.05) is 12.1 Å². The molecule has 17 heavy (non-hydrogen) atoms. The summed E-state index contributed by atoms with van der Waals surface area (Å²) in [4.78, 5) is 0. The first-order chi connectivity index (χ1) is 8.42. The second-order valence-electron chi connectivity index (χ2n) is 5.14. The fraction of sp³-hybridized carbons (Fsp3) is 0.533. The summed E-state index contributed by atoms with van der Waals surface area (Å²) in [7, 11) is 0. The Labute approximate surface area is 103 Å². The van der Waals surface area contributed by atoms with E-state index in [0.717, 1.165) is 13.1 Å². The summed E-state index contributed by atoms with van der Waals surface area (Å²) >= 11 is 0. The van der Waals surface area contributed by atoms with Crippen LogP contribution < -0.4 is 0 Å². The van der Waals surface area contributed by atoms with E-state index in [-0.39, 0.29) is 0 Å². The molecule has 0 spiro atoms. The minimum absolute atomic E-state index is 1.13. The van der Waals surface area contributed by atoms with E-state index in [4.69, 9.17) is 0 Å². The van der Waals surface area contributed by atoms with Gasteiger partial charge in [-0.15, -0.1) is 0 Å². The van der Waals surface area contributed by atoms with Crippen LogP contribution in [0.2, 0.25) is 0 Å². The molecule has 0 radical (unpaired) electrons. The fourth-order valence-electron chi connectivity index (χ4n) is 2.81. The summed E-state index contributed by atoms with van der Waals surface area (Å²) in [5, 5.41) is 6.79. The van der Waals surface area contributed by atoms with E-state index in [9.17, 15) is 0 Å². The molecule has 2 heteroatoms. The molecular formula is C15H20N2. The van der Waals surface area contributed by atoms with Gasteiger partial charge in [-0.2, -0.15) is 5.10 Å². The lowest BCUT2D eigenvalue weighted by Crippen LogP contribution is -2.24. The molecule has 1 aliphatic heterocycles. The fourth-order valence-corrected chi connectivity index (χ4v) is 2.81. The predicted molar refractivity (Wildman–Crippen MR) is 71.5 cm³/mol. The highest BCUT2D eigenvalue weighted by Gasteiger charge is 2.10. The number of benzene rings is 1. The van der Waals surface area contributed by atoms with Gasteiger partial charge in [0.05, 0.1) is 6.21 Å². The van der Waals surface area contributed by atoms with E-state index in [1.165, 1.54) is 49.7 Å². The van der Waals surface area contributed by atoms with Gasteiger partial charge in [0, 0.05) is 13.1 Å². The molecule has 0 bridgehead atoms. The lowest BCUT2D eigenvalue weighted by molar-refractivity contribution is 0.240. The average Bonchev–Trinajstić information content (AvgIpc) is 2.85. The van der Waals surface area contributed by atoms with E-state index in [1.807, 2.05) is 6.21 Å². The third-order valence-electron chi connectivity index (χ3n) is 3.83. The molecule has 1 aromatic rings. The van der Waals surface area contributed by atoms with Crippen LogP contribution in [0, 0.1) is 0 Å². The normalized spacial score (nSPS) is 19.9. The van der Waals surface area contributed by atoms with Crippen molar-refractivity contribution in [2.24, 2.45) is 5.10 Å². The maximum absolute atomic E-state index is 4.59. The van der Waals surface area contributed by atoms with Crippen LogP contribution in [0.4, 0.5) is 0 Å². The number of fused-ring (bicyclic) bond motifs is 1. The number of hydrazone groups is 1. The zero-order valence-corrected chi connectivity index (χ0v) is 10.4. The molecule has 0 amide bonds. The van der Waals surface area contributed by atoms with Crippen LogP contribution in [0.3, 0.4) is 0 Å². The van der Waals surface area contributed by atoms with E-state index in [2.05, 4.69) is 28.3 Å². The molecule has 1 aliphatic carbocycles. The van der Waals surface area contributed by atoms with Crippen LogP contribution in [0.15, 0.2) is 23.3 Å². The molecular weight excluding hydrogens is 208 g/mol. The van der Waals surface area contributed by atoms with Crippen molar-refractivity contribution < 1.29 is 0 Å². The Hall–Kier alpha value is -1.31. The molecule has 3 rings (SSSR count). The smallest absolute Gasteiger partial charge is 0.0543 e. The molecule has 1 heterocycles. The van der Waals surface area contributed by atoms with Crippen molar-refractivity contribution >= 4 is 6.21 Å². The van der Waals surface area contributed by atoms with Crippen LogP contribution in [-0.2, 0) is 12.8 Å². The van der Waals surface area contributed by atoms with E-state index in [1.54, 1.807) is 5.56 Å². The summed E-state index contributed by atoms with van der Waals surface area (Å²) < 4.78 is 0. The third-order valence-corrected chi connectivity index (χ3v) is 3.83. The van der Waals surface area contributed by atoms with Crippen molar-refractivity contribution in [2.75, 3.05) is 13.1 Å². The minimum Gasteiger partial charge on any atom is -0.297 e. The monoisotopic (exact) mass is 228 g/mol. The van der Waals surface area contributed by atoms with Crippen molar-refractivity contribution in [3.63, 3.8) is 0 Å². The SMILES string of the molecule is C(=N\N1CCCCC1)/c1ccc2c(c1)CCC2. The van der Waals surface area contributed by atoms with Gasteiger partial charge in [0.25, 0.3) is 0 Å². The number of rotatable bonds is 2. The Kier molecular flexibility index (Phi) is 3.12. The number of nitrogens with zero attached hydrogens (tertiary/aromatic N) is 2. The Balaban J connectivity index is 1.69. The summed E-state index contributed by atoms with van der Waals surface area (Å²) in [6.07, 6.45) is 9.82. The topological polar surface area (TPSA) is 15.6 Å². The van der Waals surface area contributed by atoms with Gasteiger partial charge >= 0.3 is 0 Å². The van der Waals surface area contributed by atoms with E-state index in [0.29, 0.717) is 0 Å². The molecule has 90 valence electrons. The first-order valence-corrected chi connectivity index (χ1v) is 6.82. The van der Waals surface area contributed by atoms with Crippen LogP contribution in [0.1, 0.15) is 42.4 Å². The van der Waals surface area contributed by atoms with Crippen molar-refractivity contribution in [1.29, 1.82) is 0 Å². The molecule has 0 N–H and O–H groups in total. The van der Waals surface area contributed by atoms with Gasteiger partial charge in [0.2, 0.25) is 0 Å².